The number of hydrogen-bond donors (Lipinski definition) is 1. The van der Waals surface area contributed by atoms with Crippen molar-refractivity contribution < 1.29 is 9.59 Å². The van der Waals surface area contributed by atoms with Gasteiger partial charge in [0.1, 0.15) is 0 Å². The van der Waals surface area contributed by atoms with Crippen molar-refractivity contribution in [1.29, 1.82) is 0 Å². The molecule has 6 heteroatoms. The van der Waals surface area contributed by atoms with Gasteiger partial charge in [-0.25, -0.2) is 4.98 Å². The summed E-state index contributed by atoms with van der Waals surface area (Å²) in [5.41, 5.74) is 8.81. The molecule has 5 nitrogen and oxygen atoms in total. The van der Waals surface area contributed by atoms with Crippen molar-refractivity contribution in [2.45, 2.75) is 25.8 Å². The number of nitrogens with one attached hydrogen (secondary N) is 1. The van der Waals surface area contributed by atoms with Gasteiger partial charge in [-0.15, -0.1) is 11.3 Å². The van der Waals surface area contributed by atoms with Crippen LogP contribution in [0.2, 0.25) is 0 Å². The highest BCUT2D eigenvalue weighted by atomic mass is 32.1. The van der Waals surface area contributed by atoms with Gasteiger partial charge in [-0.1, -0.05) is 48.5 Å². The number of nitrogens with zero attached hydrogens (tertiary/aromatic N) is 2. The summed E-state index contributed by atoms with van der Waals surface area (Å²) in [5, 5.41) is 5.48. The van der Waals surface area contributed by atoms with E-state index in [9.17, 15) is 9.59 Å². The predicted molar refractivity (Wildman–Crippen MR) is 135 cm³/mol. The summed E-state index contributed by atoms with van der Waals surface area (Å²) in [4.78, 5) is 31.1. The summed E-state index contributed by atoms with van der Waals surface area (Å²) in [7, 11) is 0. The van der Waals surface area contributed by atoms with Crippen LogP contribution >= 0.6 is 11.3 Å². The fourth-order valence-corrected chi connectivity index (χ4v) is 5.51. The molecule has 1 N–H and O–H groups in total. The van der Waals surface area contributed by atoms with Gasteiger partial charge in [0.25, 0.3) is 5.91 Å². The molecule has 4 aromatic rings. The lowest BCUT2D eigenvalue weighted by Crippen LogP contribution is -2.23. The van der Waals surface area contributed by atoms with Crippen molar-refractivity contribution in [2.24, 2.45) is 0 Å². The molecule has 2 amide bonds. The number of carbonyl (C=O) groups excluding carboxylic acids is 2. The summed E-state index contributed by atoms with van der Waals surface area (Å²) < 4.78 is 0. The Balaban J connectivity index is 1.13. The molecule has 0 saturated carbocycles. The Morgan fingerprint density at radius 2 is 1.82 bits per heavy atom. The minimum absolute atomic E-state index is 0.186. The zero-order valence-electron chi connectivity index (χ0n) is 18.6. The molecule has 1 fully saturated rings. The van der Waals surface area contributed by atoms with E-state index in [1.54, 1.807) is 12.1 Å². The molecule has 1 aliphatic carbocycles. The molecule has 0 radical (unpaired) electrons. The van der Waals surface area contributed by atoms with Crippen LogP contribution in [0, 0.1) is 0 Å². The highest BCUT2D eigenvalue weighted by Crippen LogP contribution is 2.38. The topological polar surface area (TPSA) is 62.3 Å². The average molecular weight is 466 g/mol. The van der Waals surface area contributed by atoms with Crippen LogP contribution in [0.3, 0.4) is 0 Å². The van der Waals surface area contributed by atoms with Crippen LogP contribution < -0.4 is 5.32 Å². The lowest BCUT2D eigenvalue weighted by molar-refractivity contribution is -0.128. The maximum atomic E-state index is 12.7. The summed E-state index contributed by atoms with van der Waals surface area (Å²) in [6, 6.07) is 22.4. The van der Waals surface area contributed by atoms with Gasteiger partial charge in [0.05, 0.1) is 5.69 Å². The van der Waals surface area contributed by atoms with Gasteiger partial charge in [-0.05, 0) is 58.9 Å². The molecule has 6 rings (SSSR count). The summed E-state index contributed by atoms with van der Waals surface area (Å²) >= 11 is 1.43. The number of rotatable bonds is 5. The van der Waals surface area contributed by atoms with E-state index in [1.165, 1.54) is 33.6 Å². The first kappa shape index (κ1) is 20.8. The smallest absolute Gasteiger partial charge is 0.257 e. The Morgan fingerprint density at radius 3 is 2.65 bits per heavy atom. The molecule has 1 saturated heterocycles. The fourth-order valence-electron chi connectivity index (χ4n) is 4.79. The number of carbonyl (C=O) groups is 2. The molecule has 0 atom stereocenters. The Labute approximate surface area is 202 Å². The zero-order valence-corrected chi connectivity index (χ0v) is 19.4. The fraction of sp³-hybridized carbons (Fsp3) is 0.179. The van der Waals surface area contributed by atoms with Crippen molar-refractivity contribution in [3.05, 3.63) is 94.4 Å². The first-order chi connectivity index (χ1) is 16.6. The molecule has 2 aliphatic rings. The molecule has 1 aliphatic heterocycles. The second kappa shape index (κ2) is 8.54. The number of likely N-dealkylation sites (tertiary alicyclic amines) is 1. The van der Waals surface area contributed by atoms with Gasteiger partial charge in [0.15, 0.2) is 5.13 Å². The maximum Gasteiger partial charge on any atom is 0.257 e. The quantitative estimate of drug-likeness (QED) is 0.359. The monoisotopic (exact) mass is 465 g/mol. The van der Waals surface area contributed by atoms with Crippen LogP contribution in [-0.4, -0.2) is 28.2 Å². The second-order valence-electron chi connectivity index (χ2n) is 8.81. The van der Waals surface area contributed by atoms with Gasteiger partial charge in [0.2, 0.25) is 5.91 Å². The molecule has 1 aromatic heterocycles. The van der Waals surface area contributed by atoms with E-state index in [4.69, 9.17) is 0 Å². The Kier molecular flexibility index (Phi) is 5.23. The molecule has 0 bridgehead atoms. The van der Waals surface area contributed by atoms with Gasteiger partial charge in [0, 0.05) is 36.0 Å². The summed E-state index contributed by atoms with van der Waals surface area (Å²) in [6.07, 6.45) is 2.50. The minimum atomic E-state index is -0.186. The van der Waals surface area contributed by atoms with Crippen LogP contribution in [0.5, 0.6) is 0 Å². The van der Waals surface area contributed by atoms with Crippen molar-refractivity contribution in [3.8, 4) is 22.4 Å². The normalized spacial score (nSPS) is 14.2. The number of aromatic nitrogens is 1. The predicted octanol–water partition coefficient (Wildman–Crippen LogP) is 5.76. The Hall–Kier alpha value is -3.77. The number of anilines is 1. The first-order valence-corrected chi connectivity index (χ1v) is 12.4. The average Bonchev–Trinajstić information content (AvgIpc) is 3.58. The SMILES string of the molecule is O=C(Nc1nc(-c2ccc3c(c2)Cc2ccccc2-3)cs1)c1ccc(CN2CCCC2=O)cc1. The molecule has 0 spiro atoms. The molecule has 0 unspecified atom stereocenters. The van der Waals surface area contributed by atoms with E-state index in [-0.39, 0.29) is 11.8 Å². The summed E-state index contributed by atoms with van der Waals surface area (Å²) in [6.45, 7) is 1.41. The van der Waals surface area contributed by atoms with Crippen LogP contribution in [-0.2, 0) is 17.8 Å². The van der Waals surface area contributed by atoms with Crippen LogP contribution in [0.25, 0.3) is 22.4 Å². The van der Waals surface area contributed by atoms with Crippen LogP contribution in [0.15, 0.2) is 72.1 Å². The number of fused-ring (bicyclic) bond motifs is 3. The Bertz CT molecular complexity index is 1410. The maximum absolute atomic E-state index is 12.7. The third-order valence-corrected chi connectivity index (χ3v) is 7.33. The molecule has 168 valence electrons. The molecule has 3 aromatic carbocycles. The van der Waals surface area contributed by atoms with Gasteiger partial charge in [-0.2, -0.15) is 0 Å². The standard InChI is InChI=1S/C28H23N3O2S/c32-26-6-3-13-31(26)16-18-7-9-19(10-8-18)27(33)30-28-29-25(17-34-28)21-11-12-24-22(15-21)14-20-4-1-2-5-23(20)24/h1-2,4-5,7-12,15,17H,3,6,13-14,16H2,(H,29,30,33). The van der Waals surface area contributed by atoms with Gasteiger partial charge >= 0.3 is 0 Å². The lowest BCUT2D eigenvalue weighted by atomic mass is 10.0. The van der Waals surface area contributed by atoms with Crippen molar-refractivity contribution in [2.75, 3.05) is 11.9 Å². The van der Waals surface area contributed by atoms with Crippen molar-refractivity contribution >= 4 is 28.3 Å². The van der Waals surface area contributed by atoms with Gasteiger partial charge < -0.3 is 4.90 Å². The van der Waals surface area contributed by atoms with Crippen molar-refractivity contribution in [3.63, 3.8) is 0 Å². The third-order valence-electron chi connectivity index (χ3n) is 6.58. The highest BCUT2D eigenvalue weighted by Gasteiger charge is 2.21. The van der Waals surface area contributed by atoms with E-state index >= 15 is 0 Å². The van der Waals surface area contributed by atoms with Gasteiger partial charge in [-0.3, -0.25) is 14.9 Å². The third kappa shape index (κ3) is 3.90. The zero-order chi connectivity index (χ0) is 23.1. The molecular weight excluding hydrogens is 442 g/mol. The highest BCUT2D eigenvalue weighted by molar-refractivity contribution is 7.14. The van der Waals surface area contributed by atoms with E-state index < -0.39 is 0 Å². The van der Waals surface area contributed by atoms with E-state index in [0.29, 0.717) is 23.7 Å². The molecule has 2 heterocycles. The first-order valence-electron chi connectivity index (χ1n) is 11.5. The van der Waals surface area contributed by atoms with Crippen LogP contribution in [0.4, 0.5) is 5.13 Å². The van der Waals surface area contributed by atoms with Crippen molar-refractivity contribution in [1.82, 2.24) is 9.88 Å². The second-order valence-corrected chi connectivity index (χ2v) is 9.67. The number of benzene rings is 3. The van der Waals surface area contributed by atoms with E-state index in [2.05, 4.69) is 52.8 Å². The largest absolute Gasteiger partial charge is 0.338 e. The lowest BCUT2D eigenvalue weighted by Gasteiger charge is -2.15. The summed E-state index contributed by atoms with van der Waals surface area (Å²) in [5.74, 6) is 0.0170. The molecular formula is C28H23N3O2S. The number of thiazole rings is 1. The minimum Gasteiger partial charge on any atom is -0.338 e. The van der Waals surface area contributed by atoms with Crippen LogP contribution in [0.1, 0.15) is 39.9 Å². The van der Waals surface area contributed by atoms with E-state index in [1.807, 2.05) is 22.4 Å². The van der Waals surface area contributed by atoms with E-state index in [0.717, 1.165) is 36.2 Å². The number of amides is 2. The molecule has 34 heavy (non-hydrogen) atoms. The number of hydrogen-bond acceptors (Lipinski definition) is 4. The Morgan fingerprint density at radius 1 is 1.00 bits per heavy atom.